The number of hydrogen-bond donors (Lipinski definition) is 0. The molecule has 130 valence electrons. The molecule has 0 aliphatic heterocycles. The van der Waals surface area contributed by atoms with Gasteiger partial charge in [-0.25, -0.2) is 8.78 Å². The Morgan fingerprint density at radius 1 is 1.40 bits per heavy atom. The Bertz CT molecular complexity index is 1050. The summed E-state index contributed by atoms with van der Waals surface area (Å²) >= 11 is 0.948. The highest BCUT2D eigenvalue weighted by molar-refractivity contribution is 7.16. The highest BCUT2D eigenvalue weighted by Crippen LogP contribution is 2.23. The first kappa shape index (κ1) is 17.0. The highest BCUT2D eigenvalue weighted by Gasteiger charge is 2.18. The Labute approximate surface area is 143 Å². The number of furan rings is 1. The molecule has 7 nitrogen and oxygen atoms in total. The Morgan fingerprint density at radius 3 is 2.80 bits per heavy atom. The maximum atomic E-state index is 14.1. The van der Waals surface area contributed by atoms with Crippen molar-refractivity contribution >= 4 is 33.3 Å². The minimum absolute atomic E-state index is 0.158. The van der Waals surface area contributed by atoms with Gasteiger partial charge in [-0.1, -0.05) is 18.3 Å². The molecule has 0 aliphatic rings. The van der Waals surface area contributed by atoms with Gasteiger partial charge in [0.1, 0.15) is 10.7 Å². The predicted octanol–water partition coefficient (Wildman–Crippen LogP) is 3.63. The topological polar surface area (TPSA) is 90.6 Å². The first-order chi connectivity index (χ1) is 11.9. The van der Waals surface area contributed by atoms with Gasteiger partial charge in [-0.2, -0.15) is 4.99 Å². The van der Waals surface area contributed by atoms with E-state index in [-0.39, 0.29) is 16.1 Å². The zero-order valence-electron chi connectivity index (χ0n) is 12.9. The molecule has 0 atom stereocenters. The lowest BCUT2D eigenvalue weighted by Crippen LogP contribution is -2.17. The molecule has 0 spiro atoms. The third-order valence-corrected chi connectivity index (χ3v) is 4.35. The van der Waals surface area contributed by atoms with E-state index in [9.17, 15) is 23.7 Å². The molecule has 3 rings (SSSR count). The summed E-state index contributed by atoms with van der Waals surface area (Å²) in [6, 6.07) is 4.11. The first-order valence-corrected chi connectivity index (χ1v) is 8.04. The normalized spacial score (nSPS) is 12.0. The van der Waals surface area contributed by atoms with Gasteiger partial charge in [-0.15, -0.1) is 0 Å². The molecule has 25 heavy (non-hydrogen) atoms. The van der Waals surface area contributed by atoms with E-state index in [2.05, 4.69) is 4.99 Å². The largest absolute Gasteiger partial charge is 0.433 e. The number of carbonyl (C=O) groups is 1. The van der Waals surface area contributed by atoms with Crippen molar-refractivity contribution in [2.75, 3.05) is 0 Å². The number of fused-ring (bicyclic) bond motifs is 1. The fourth-order valence-electron chi connectivity index (χ4n) is 2.33. The molecule has 10 heteroatoms. The quantitative estimate of drug-likeness (QED) is 0.520. The number of aryl methyl sites for hydroxylation is 1. The second-order valence-corrected chi connectivity index (χ2v) is 6.09. The fraction of sp³-hybridized carbons (Fsp3) is 0.200. The van der Waals surface area contributed by atoms with Gasteiger partial charge < -0.3 is 8.98 Å². The molecule has 0 bridgehead atoms. The van der Waals surface area contributed by atoms with E-state index >= 15 is 0 Å². The molecular formula is C15H11F2N3O4S. The van der Waals surface area contributed by atoms with Gasteiger partial charge in [0, 0.05) is 12.6 Å². The molecule has 1 aromatic carbocycles. The van der Waals surface area contributed by atoms with Crippen LogP contribution in [0.3, 0.4) is 0 Å². The number of hydrogen-bond acceptors (Lipinski definition) is 5. The second kappa shape index (κ2) is 6.55. The molecule has 0 unspecified atom stereocenters. The van der Waals surface area contributed by atoms with Crippen molar-refractivity contribution < 1.29 is 22.9 Å². The highest BCUT2D eigenvalue weighted by atomic mass is 32.1. The summed E-state index contributed by atoms with van der Waals surface area (Å²) < 4.78 is 34.1. The molecule has 0 radical (unpaired) electrons. The van der Waals surface area contributed by atoms with E-state index in [0.29, 0.717) is 17.7 Å². The van der Waals surface area contributed by atoms with Crippen molar-refractivity contribution in [3.05, 3.63) is 56.6 Å². The summed E-state index contributed by atoms with van der Waals surface area (Å²) in [6.45, 7) is 2.23. The zero-order chi connectivity index (χ0) is 18.1. The van der Waals surface area contributed by atoms with Gasteiger partial charge in [0.15, 0.2) is 10.6 Å². The van der Waals surface area contributed by atoms with Crippen molar-refractivity contribution in [2.24, 2.45) is 4.99 Å². The van der Waals surface area contributed by atoms with E-state index in [0.717, 1.165) is 35.6 Å². The van der Waals surface area contributed by atoms with E-state index < -0.39 is 28.3 Å². The number of halogens is 2. The number of nitrogens with zero attached hydrogens (tertiary/aromatic N) is 3. The average Bonchev–Trinajstić information content (AvgIpc) is 3.13. The number of carbonyl (C=O) groups excluding carboxylic acids is 1. The van der Waals surface area contributed by atoms with Gasteiger partial charge in [-0.05, 0) is 18.6 Å². The van der Waals surface area contributed by atoms with Gasteiger partial charge in [0.05, 0.1) is 16.3 Å². The lowest BCUT2D eigenvalue weighted by molar-refractivity contribution is -0.402. The maximum Gasteiger partial charge on any atom is 0.433 e. The average molecular weight is 367 g/mol. The number of benzene rings is 1. The molecule has 0 fully saturated rings. The molecule has 2 heterocycles. The Balaban J connectivity index is 2.14. The van der Waals surface area contributed by atoms with Gasteiger partial charge >= 0.3 is 11.8 Å². The lowest BCUT2D eigenvalue weighted by Gasteiger charge is -2.03. The number of thiazole rings is 1. The van der Waals surface area contributed by atoms with Crippen LogP contribution >= 0.6 is 11.3 Å². The van der Waals surface area contributed by atoms with Crippen LogP contribution in [0.1, 0.15) is 23.9 Å². The van der Waals surface area contributed by atoms with E-state index in [1.165, 1.54) is 4.57 Å². The summed E-state index contributed by atoms with van der Waals surface area (Å²) in [5.74, 6) is -3.20. The van der Waals surface area contributed by atoms with Crippen LogP contribution in [0.5, 0.6) is 0 Å². The first-order valence-electron chi connectivity index (χ1n) is 7.22. The number of amides is 1. The standard InChI is InChI=1S/C15H11F2N3O4S/c1-2-5-19-13-9(17)6-8(16)7-11(13)25-15(19)18-14(21)10-3-4-12(24-10)20(22)23/h3-4,6-7H,2,5H2,1H3. The van der Waals surface area contributed by atoms with Crippen LogP contribution in [-0.4, -0.2) is 15.4 Å². The van der Waals surface area contributed by atoms with E-state index in [1.54, 1.807) is 0 Å². The van der Waals surface area contributed by atoms with Crippen LogP contribution in [0.25, 0.3) is 10.2 Å². The molecule has 0 saturated heterocycles. The Hall–Kier alpha value is -2.88. The number of nitro groups is 1. The fourth-order valence-corrected chi connectivity index (χ4v) is 3.42. The molecule has 0 N–H and O–H groups in total. The third-order valence-electron chi connectivity index (χ3n) is 3.32. The molecule has 2 aromatic heterocycles. The predicted molar refractivity (Wildman–Crippen MR) is 85.3 cm³/mol. The molecule has 0 saturated carbocycles. The van der Waals surface area contributed by atoms with Crippen molar-refractivity contribution in [2.45, 2.75) is 19.9 Å². The van der Waals surface area contributed by atoms with Crippen LogP contribution in [-0.2, 0) is 6.54 Å². The summed E-state index contributed by atoms with van der Waals surface area (Å²) in [5.41, 5.74) is 0.158. The lowest BCUT2D eigenvalue weighted by atomic mass is 10.3. The van der Waals surface area contributed by atoms with Crippen LogP contribution in [0.2, 0.25) is 0 Å². The van der Waals surface area contributed by atoms with E-state index in [4.69, 9.17) is 4.42 Å². The zero-order valence-corrected chi connectivity index (χ0v) is 13.7. The minimum Gasteiger partial charge on any atom is -0.395 e. The van der Waals surface area contributed by atoms with Crippen LogP contribution in [0, 0.1) is 21.7 Å². The van der Waals surface area contributed by atoms with Crippen LogP contribution < -0.4 is 4.80 Å². The summed E-state index contributed by atoms with van der Waals surface area (Å²) in [5, 5.41) is 10.6. The smallest absolute Gasteiger partial charge is 0.395 e. The monoisotopic (exact) mass is 367 g/mol. The molecule has 1 amide bonds. The number of aromatic nitrogens is 1. The van der Waals surface area contributed by atoms with Crippen molar-refractivity contribution in [1.29, 1.82) is 0 Å². The Kier molecular flexibility index (Phi) is 4.45. The Morgan fingerprint density at radius 2 is 2.16 bits per heavy atom. The summed E-state index contributed by atoms with van der Waals surface area (Å²) in [7, 11) is 0. The van der Waals surface area contributed by atoms with Crippen molar-refractivity contribution in [3.8, 4) is 0 Å². The van der Waals surface area contributed by atoms with Gasteiger partial charge in [0.2, 0.25) is 5.76 Å². The summed E-state index contributed by atoms with van der Waals surface area (Å²) in [6.07, 6.45) is 0.635. The number of rotatable bonds is 4. The van der Waals surface area contributed by atoms with Gasteiger partial charge in [0.25, 0.3) is 0 Å². The van der Waals surface area contributed by atoms with Crippen LogP contribution in [0.4, 0.5) is 14.7 Å². The van der Waals surface area contributed by atoms with Crippen molar-refractivity contribution in [1.82, 2.24) is 4.57 Å². The van der Waals surface area contributed by atoms with Gasteiger partial charge in [-0.3, -0.25) is 14.9 Å². The second-order valence-electron chi connectivity index (χ2n) is 5.08. The SMILES string of the molecule is CCCn1c(=NC(=O)c2ccc([N+](=O)[O-])o2)sc2cc(F)cc(F)c21. The van der Waals surface area contributed by atoms with Crippen LogP contribution in [0.15, 0.2) is 33.7 Å². The van der Waals surface area contributed by atoms with E-state index in [1.807, 2.05) is 6.92 Å². The minimum atomic E-state index is -0.842. The molecule has 3 aromatic rings. The molecular weight excluding hydrogens is 356 g/mol. The van der Waals surface area contributed by atoms with Crippen molar-refractivity contribution in [3.63, 3.8) is 0 Å². The third kappa shape index (κ3) is 3.20. The summed E-state index contributed by atoms with van der Waals surface area (Å²) in [4.78, 5) is 26.0. The molecule has 0 aliphatic carbocycles. The maximum absolute atomic E-state index is 14.1.